The molecule has 64 valence electrons. The van der Waals surface area contributed by atoms with Crippen LogP contribution < -0.4 is 5.73 Å². The van der Waals surface area contributed by atoms with Crippen molar-refractivity contribution in [2.24, 2.45) is 11.7 Å². The lowest BCUT2D eigenvalue weighted by Gasteiger charge is -2.10. The van der Waals surface area contributed by atoms with Crippen molar-refractivity contribution in [1.29, 1.82) is 0 Å². The predicted molar refractivity (Wildman–Crippen MR) is 45.2 cm³/mol. The van der Waals surface area contributed by atoms with Gasteiger partial charge >= 0.3 is 0 Å². The maximum atomic E-state index is 11.4. The Morgan fingerprint density at radius 1 is 1.64 bits per heavy atom. The number of nitrogens with two attached hydrogens (primary N) is 1. The summed E-state index contributed by atoms with van der Waals surface area (Å²) in [6, 6.07) is 0. The number of rotatable bonds is 4. The Kier molecular flexibility index (Phi) is 2.33. The Balaban J connectivity index is 2.32. The van der Waals surface area contributed by atoms with E-state index in [9.17, 15) is 4.79 Å². The van der Waals surface area contributed by atoms with Gasteiger partial charge in [-0.3, -0.25) is 4.79 Å². The third-order valence-corrected chi connectivity index (χ3v) is 2.57. The molecule has 0 radical (unpaired) electrons. The van der Waals surface area contributed by atoms with Gasteiger partial charge in [-0.15, -0.1) is 0 Å². The standard InChI is InChI=1S/C9H17NO/c1-3-7(2)6-8(11)9(10)4-5-9/h7H,3-6,10H2,1-2H3. The smallest absolute Gasteiger partial charge is 0.152 e. The average Bonchev–Trinajstić information content (AvgIpc) is 2.69. The van der Waals surface area contributed by atoms with E-state index in [2.05, 4.69) is 13.8 Å². The molecule has 2 N–H and O–H groups in total. The van der Waals surface area contributed by atoms with Crippen LogP contribution in [-0.4, -0.2) is 11.3 Å². The van der Waals surface area contributed by atoms with Gasteiger partial charge in [0, 0.05) is 6.42 Å². The quantitative estimate of drug-likeness (QED) is 0.668. The van der Waals surface area contributed by atoms with Gasteiger partial charge in [-0.25, -0.2) is 0 Å². The molecule has 1 atom stereocenters. The van der Waals surface area contributed by atoms with E-state index in [-0.39, 0.29) is 5.78 Å². The first-order valence-electron chi connectivity index (χ1n) is 4.40. The Hall–Kier alpha value is -0.370. The van der Waals surface area contributed by atoms with Crippen LogP contribution in [0.5, 0.6) is 0 Å². The first-order valence-corrected chi connectivity index (χ1v) is 4.40. The van der Waals surface area contributed by atoms with Crippen molar-refractivity contribution < 1.29 is 4.79 Å². The van der Waals surface area contributed by atoms with Crippen LogP contribution in [0.25, 0.3) is 0 Å². The highest BCUT2D eigenvalue weighted by Crippen LogP contribution is 2.35. The number of ketones is 1. The second-order valence-corrected chi connectivity index (χ2v) is 3.80. The zero-order valence-electron chi connectivity index (χ0n) is 7.39. The Bertz CT molecular complexity index is 161. The van der Waals surface area contributed by atoms with Gasteiger partial charge in [-0.05, 0) is 18.8 Å². The molecule has 1 saturated carbocycles. The number of carbonyl (C=O) groups is 1. The van der Waals surface area contributed by atoms with Gasteiger partial charge in [0.25, 0.3) is 0 Å². The van der Waals surface area contributed by atoms with E-state index in [0.717, 1.165) is 19.3 Å². The third-order valence-electron chi connectivity index (χ3n) is 2.57. The van der Waals surface area contributed by atoms with Crippen molar-refractivity contribution in [2.45, 2.75) is 45.1 Å². The molecule has 0 aromatic rings. The molecule has 0 spiro atoms. The SMILES string of the molecule is CCC(C)CC(=O)C1(N)CC1. The molecule has 0 aromatic carbocycles. The number of Topliss-reactive ketones (excluding diaryl/α,β-unsaturated/α-hetero) is 1. The van der Waals surface area contributed by atoms with E-state index >= 15 is 0 Å². The molecule has 1 fully saturated rings. The topological polar surface area (TPSA) is 43.1 Å². The molecule has 2 heteroatoms. The Morgan fingerprint density at radius 3 is 2.55 bits per heavy atom. The van der Waals surface area contributed by atoms with Gasteiger partial charge in [0.2, 0.25) is 0 Å². The molecular formula is C9H17NO. The lowest BCUT2D eigenvalue weighted by Crippen LogP contribution is -2.33. The summed E-state index contributed by atoms with van der Waals surface area (Å²) in [7, 11) is 0. The molecule has 0 aromatic heterocycles. The molecule has 0 aliphatic heterocycles. The summed E-state index contributed by atoms with van der Waals surface area (Å²) >= 11 is 0. The summed E-state index contributed by atoms with van der Waals surface area (Å²) in [6.07, 6.45) is 3.55. The molecule has 2 nitrogen and oxygen atoms in total. The van der Waals surface area contributed by atoms with Crippen molar-refractivity contribution in [3.8, 4) is 0 Å². The van der Waals surface area contributed by atoms with E-state index in [4.69, 9.17) is 5.73 Å². The molecule has 1 rings (SSSR count). The van der Waals surface area contributed by atoms with Gasteiger partial charge in [0.15, 0.2) is 5.78 Å². The van der Waals surface area contributed by atoms with Crippen molar-refractivity contribution in [3.63, 3.8) is 0 Å². The van der Waals surface area contributed by atoms with Crippen molar-refractivity contribution >= 4 is 5.78 Å². The van der Waals surface area contributed by atoms with Crippen LogP contribution in [0.4, 0.5) is 0 Å². The minimum atomic E-state index is -0.399. The summed E-state index contributed by atoms with van der Waals surface area (Å²) in [5, 5.41) is 0. The summed E-state index contributed by atoms with van der Waals surface area (Å²) < 4.78 is 0. The zero-order chi connectivity index (χ0) is 8.48. The van der Waals surface area contributed by atoms with Crippen LogP contribution in [0.2, 0.25) is 0 Å². The fraction of sp³-hybridized carbons (Fsp3) is 0.889. The van der Waals surface area contributed by atoms with E-state index < -0.39 is 5.54 Å². The highest BCUT2D eigenvalue weighted by Gasteiger charge is 2.45. The van der Waals surface area contributed by atoms with Gasteiger partial charge < -0.3 is 5.73 Å². The van der Waals surface area contributed by atoms with Crippen molar-refractivity contribution in [1.82, 2.24) is 0 Å². The molecule has 0 bridgehead atoms. The summed E-state index contributed by atoms with van der Waals surface area (Å²) in [6.45, 7) is 4.21. The van der Waals surface area contributed by atoms with Crippen molar-refractivity contribution in [3.05, 3.63) is 0 Å². The van der Waals surface area contributed by atoms with Crippen LogP contribution in [0.15, 0.2) is 0 Å². The fourth-order valence-electron chi connectivity index (χ4n) is 1.08. The van der Waals surface area contributed by atoms with Crippen molar-refractivity contribution in [2.75, 3.05) is 0 Å². The maximum Gasteiger partial charge on any atom is 0.152 e. The molecule has 1 aliphatic carbocycles. The predicted octanol–water partition coefficient (Wildman–Crippen LogP) is 1.48. The second kappa shape index (κ2) is 2.94. The zero-order valence-corrected chi connectivity index (χ0v) is 7.39. The van der Waals surface area contributed by atoms with Crippen LogP contribution in [0.3, 0.4) is 0 Å². The molecule has 1 aliphatic rings. The second-order valence-electron chi connectivity index (χ2n) is 3.80. The van der Waals surface area contributed by atoms with Crippen LogP contribution >= 0.6 is 0 Å². The normalized spacial score (nSPS) is 22.8. The summed E-state index contributed by atoms with van der Waals surface area (Å²) in [5.74, 6) is 0.773. The molecule has 0 amide bonds. The minimum Gasteiger partial charge on any atom is -0.319 e. The lowest BCUT2D eigenvalue weighted by atomic mass is 9.97. The molecular weight excluding hydrogens is 138 g/mol. The average molecular weight is 155 g/mol. The third kappa shape index (κ3) is 2.03. The molecule has 0 heterocycles. The fourth-order valence-corrected chi connectivity index (χ4v) is 1.08. The number of hydrogen-bond acceptors (Lipinski definition) is 2. The first-order chi connectivity index (χ1) is 5.08. The van der Waals surface area contributed by atoms with Gasteiger partial charge in [-0.1, -0.05) is 20.3 Å². The van der Waals surface area contributed by atoms with Gasteiger partial charge in [0.05, 0.1) is 5.54 Å². The van der Waals surface area contributed by atoms with Crippen LogP contribution in [-0.2, 0) is 4.79 Å². The lowest BCUT2D eigenvalue weighted by molar-refractivity contribution is -0.122. The van der Waals surface area contributed by atoms with E-state index in [1.54, 1.807) is 0 Å². The highest BCUT2D eigenvalue weighted by atomic mass is 16.1. The van der Waals surface area contributed by atoms with Crippen LogP contribution in [0, 0.1) is 5.92 Å². The summed E-state index contributed by atoms with van der Waals surface area (Å²) in [4.78, 5) is 11.4. The van der Waals surface area contributed by atoms with E-state index in [1.165, 1.54) is 0 Å². The van der Waals surface area contributed by atoms with Crippen LogP contribution in [0.1, 0.15) is 39.5 Å². The first kappa shape index (κ1) is 8.72. The van der Waals surface area contributed by atoms with Gasteiger partial charge in [-0.2, -0.15) is 0 Å². The largest absolute Gasteiger partial charge is 0.319 e. The van der Waals surface area contributed by atoms with E-state index in [1.807, 2.05) is 0 Å². The highest BCUT2D eigenvalue weighted by molar-refractivity contribution is 5.91. The van der Waals surface area contributed by atoms with E-state index in [0.29, 0.717) is 12.3 Å². The summed E-state index contributed by atoms with van der Waals surface area (Å²) in [5.41, 5.74) is 5.34. The monoisotopic (exact) mass is 155 g/mol. The Morgan fingerprint density at radius 2 is 2.18 bits per heavy atom. The maximum absolute atomic E-state index is 11.4. The van der Waals surface area contributed by atoms with Gasteiger partial charge in [0.1, 0.15) is 0 Å². The molecule has 0 saturated heterocycles. The number of carbonyl (C=O) groups excluding carboxylic acids is 1. The minimum absolute atomic E-state index is 0.270. The molecule has 11 heavy (non-hydrogen) atoms. The number of hydrogen-bond donors (Lipinski definition) is 1. The molecule has 1 unspecified atom stereocenters. The Labute approximate surface area is 68.2 Å².